The van der Waals surface area contributed by atoms with Gasteiger partial charge in [-0.15, -0.1) is 11.3 Å². The molecule has 3 aromatic rings. The van der Waals surface area contributed by atoms with Gasteiger partial charge in [0.1, 0.15) is 0 Å². The molecule has 1 aromatic carbocycles. The molecule has 13 heteroatoms. The predicted molar refractivity (Wildman–Crippen MR) is 141 cm³/mol. The molecule has 0 unspecified atom stereocenters. The molecule has 11 nitrogen and oxygen atoms in total. The number of carbonyl (C=O) groups is 1. The highest BCUT2D eigenvalue weighted by Crippen LogP contribution is 2.36. The molecule has 2 saturated heterocycles. The van der Waals surface area contributed by atoms with Gasteiger partial charge >= 0.3 is 0 Å². The lowest BCUT2D eigenvalue weighted by molar-refractivity contribution is 0.0703. The summed E-state index contributed by atoms with van der Waals surface area (Å²) >= 11 is 1.34. The number of benzene rings is 1. The van der Waals surface area contributed by atoms with Crippen molar-refractivity contribution in [3.05, 3.63) is 34.7 Å². The number of nitrogens with zero attached hydrogens (tertiary/aromatic N) is 5. The number of nitrogen functional groups attached to an aromatic ring is 1. The minimum atomic E-state index is -3.28. The van der Waals surface area contributed by atoms with Crippen LogP contribution in [-0.4, -0.2) is 98.5 Å². The van der Waals surface area contributed by atoms with Crippen LogP contribution in [0.3, 0.4) is 0 Å². The maximum absolute atomic E-state index is 13.4. The summed E-state index contributed by atoms with van der Waals surface area (Å²) in [6, 6.07) is 7.14. The van der Waals surface area contributed by atoms with Gasteiger partial charge in [-0.05, 0) is 12.1 Å². The van der Waals surface area contributed by atoms with Gasteiger partial charge in [-0.25, -0.2) is 18.4 Å². The van der Waals surface area contributed by atoms with E-state index in [0.717, 1.165) is 10.5 Å². The lowest BCUT2D eigenvalue weighted by Gasteiger charge is -2.32. The van der Waals surface area contributed by atoms with E-state index >= 15 is 0 Å². The third-order valence-corrected chi connectivity index (χ3v) is 8.81. The Hall–Kier alpha value is -3.13. The highest BCUT2D eigenvalue weighted by molar-refractivity contribution is 7.88. The molecular weight excluding hydrogens is 502 g/mol. The van der Waals surface area contributed by atoms with Crippen LogP contribution in [-0.2, 0) is 14.8 Å². The van der Waals surface area contributed by atoms with Crippen LogP contribution >= 0.6 is 11.3 Å². The number of thiophene rings is 1. The standard InChI is InChI=1S/C23H27N7O4S2/c1-36(32,33)30-7-5-29(6-8-30)23(31)19-13-18-20(35-19)22(28-9-11-34-12-10-28)27-21(26-18)15-3-2-4-17(25)16(15)14-24/h2-4,13-14,24H,5-12,25H2,1H3. The second-order valence-corrected chi connectivity index (χ2v) is 11.7. The van der Waals surface area contributed by atoms with E-state index in [1.54, 1.807) is 23.1 Å². The molecule has 4 heterocycles. The number of ether oxygens (including phenoxy) is 1. The average Bonchev–Trinajstić information content (AvgIpc) is 3.32. The monoisotopic (exact) mass is 529 g/mol. The van der Waals surface area contributed by atoms with Crippen LogP contribution in [0.15, 0.2) is 24.3 Å². The number of hydrogen-bond donors (Lipinski definition) is 2. The quantitative estimate of drug-likeness (QED) is 0.373. The summed E-state index contributed by atoms with van der Waals surface area (Å²) in [5.41, 5.74) is 8.40. The van der Waals surface area contributed by atoms with E-state index in [1.807, 2.05) is 6.07 Å². The van der Waals surface area contributed by atoms with Crippen molar-refractivity contribution in [2.24, 2.45) is 0 Å². The summed E-state index contributed by atoms with van der Waals surface area (Å²) in [6.07, 6.45) is 2.38. The summed E-state index contributed by atoms with van der Waals surface area (Å²) in [5, 5.41) is 7.84. The number of carbonyl (C=O) groups excluding carboxylic acids is 1. The molecule has 0 saturated carbocycles. The maximum Gasteiger partial charge on any atom is 0.264 e. The summed E-state index contributed by atoms with van der Waals surface area (Å²) in [4.78, 5) is 27.3. The minimum Gasteiger partial charge on any atom is -0.398 e. The van der Waals surface area contributed by atoms with E-state index in [4.69, 9.17) is 25.8 Å². The Kier molecular flexibility index (Phi) is 6.64. The molecule has 5 rings (SSSR count). The van der Waals surface area contributed by atoms with E-state index in [-0.39, 0.29) is 19.0 Å². The number of amides is 1. The van der Waals surface area contributed by atoms with E-state index in [9.17, 15) is 13.2 Å². The van der Waals surface area contributed by atoms with Gasteiger partial charge in [0.15, 0.2) is 11.6 Å². The molecule has 2 aromatic heterocycles. The molecule has 3 N–H and O–H groups in total. The van der Waals surface area contributed by atoms with Gasteiger partial charge in [-0.2, -0.15) is 4.31 Å². The maximum atomic E-state index is 13.4. The summed E-state index contributed by atoms with van der Waals surface area (Å²) in [6.45, 7) is 3.70. The van der Waals surface area contributed by atoms with Gasteiger partial charge in [-0.1, -0.05) is 12.1 Å². The third-order valence-electron chi connectivity index (χ3n) is 6.40. The first-order valence-electron chi connectivity index (χ1n) is 11.5. The molecule has 0 spiro atoms. The molecule has 36 heavy (non-hydrogen) atoms. The van der Waals surface area contributed by atoms with Crippen LogP contribution in [0.5, 0.6) is 0 Å². The molecule has 1 amide bonds. The Morgan fingerprint density at radius 1 is 1.14 bits per heavy atom. The molecule has 2 aliphatic rings. The fraction of sp³-hybridized carbons (Fsp3) is 0.391. The van der Waals surface area contributed by atoms with Crippen molar-refractivity contribution in [2.45, 2.75) is 0 Å². The SMILES string of the molecule is CS(=O)(=O)N1CCN(C(=O)c2cc3nc(-c4cccc(N)c4C=N)nc(N4CCOCC4)c3s2)CC1. The number of fused-ring (bicyclic) bond motifs is 1. The Balaban J connectivity index is 1.54. The number of piperazine rings is 1. The van der Waals surface area contributed by atoms with Crippen LogP contribution < -0.4 is 10.6 Å². The molecule has 0 aliphatic carbocycles. The Bertz CT molecular complexity index is 1430. The molecular formula is C23H27N7O4S2. The molecule has 2 fully saturated rings. The lowest BCUT2D eigenvalue weighted by atomic mass is 10.1. The van der Waals surface area contributed by atoms with Crippen molar-refractivity contribution in [1.82, 2.24) is 19.2 Å². The molecule has 0 radical (unpaired) electrons. The summed E-state index contributed by atoms with van der Waals surface area (Å²) in [5.74, 6) is 1.01. The normalized spacial score (nSPS) is 17.5. The van der Waals surface area contributed by atoms with E-state index in [1.165, 1.54) is 28.1 Å². The highest BCUT2D eigenvalue weighted by atomic mass is 32.2. The van der Waals surface area contributed by atoms with Crippen molar-refractivity contribution in [3.8, 4) is 11.4 Å². The van der Waals surface area contributed by atoms with Crippen LogP contribution in [0.25, 0.3) is 21.6 Å². The van der Waals surface area contributed by atoms with Gasteiger partial charge in [0.05, 0.1) is 34.6 Å². The Morgan fingerprint density at radius 3 is 2.53 bits per heavy atom. The van der Waals surface area contributed by atoms with Crippen LogP contribution in [0, 0.1) is 5.41 Å². The van der Waals surface area contributed by atoms with Crippen molar-refractivity contribution >= 4 is 55.2 Å². The fourth-order valence-electron chi connectivity index (χ4n) is 4.45. The van der Waals surface area contributed by atoms with Gasteiger partial charge in [0.2, 0.25) is 10.0 Å². The van der Waals surface area contributed by atoms with Crippen molar-refractivity contribution < 1.29 is 17.9 Å². The van der Waals surface area contributed by atoms with Crippen LogP contribution in [0.2, 0.25) is 0 Å². The van der Waals surface area contributed by atoms with Crippen molar-refractivity contribution in [1.29, 1.82) is 5.41 Å². The zero-order chi connectivity index (χ0) is 25.4. The highest BCUT2D eigenvalue weighted by Gasteiger charge is 2.29. The third kappa shape index (κ3) is 4.66. The Labute approximate surface area is 213 Å². The molecule has 2 aliphatic heterocycles. The smallest absolute Gasteiger partial charge is 0.264 e. The van der Waals surface area contributed by atoms with Crippen molar-refractivity contribution in [3.63, 3.8) is 0 Å². The average molecular weight is 530 g/mol. The first-order chi connectivity index (χ1) is 17.3. The van der Waals surface area contributed by atoms with Crippen LogP contribution in [0.4, 0.5) is 11.5 Å². The van der Waals surface area contributed by atoms with Gasteiger partial charge in [0, 0.05) is 62.3 Å². The number of hydrogen-bond acceptors (Lipinski definition) is 10. The summed E-state index contributed by atoms with van der Waals surface area (Å²) < 4.78 is 31.4. The number of nitrogens with two attached hydrogens (primary N) is 1. The van der Waals surface area contributed by atoms with Gasteiger partial charge < -0.3 is 25.7 Å². The largest absolute Gasteiger partial charge is 0.398 e. The fourth-order valence-corrected chi connectivity index (χ4v) is 6.36. The van der Waals surface area contributed by atoms with E-state index in [2.05, 4.69) is 4.90 Å². The molecule has 190 valence electrons. The first-order valence-corrected chi connectivity index (χ1v) is 14.2. The van der Waals surface area contributed by atoms with E-state index in [0.29, 0.717) is 72.4 Å². The number of nitrogens with one attached hydrogen (secondary N) is 1. The zero-order valence-corrected chi connectivity index (χ0v) is 21.4. The van der Waals surface area contributed by atoms with Crippen LogP contribution in [0.1, 0.15) is 15.2 Å². The lowest BCUT2D eigenvalue weighted by Crippen LogP contribution is -2.50. The predicted octanol–water partition coefficient (Wildman–Crippen LogP) is 1.49. The molecule has 0 bridgehead atoms. The molecule has 0 atom stereocenters. The van der Waals surface area contributed by atoms with Crippen molar-refractivity contribution in [2.75, 3.05) is 69.4 Å². The zero-order valence-electron chi connectivity index (χ0n) is 19.8. The summed E-state index contributed by atoms with van der Waals surface area (Å²) in [7, 11) is -3.28. The van der Waals surface area contributed by atoms with Gasteiger partial charge in [0.25, 0.3) is 5.91 Å². The number of aromatic nitrogens is 2. The minimum absolute atomic E-state index is 0.148. The van der Waals surface area contributed by atoms with Gasteiger partial charge in [-0.3, -0.25) is 4.79 Å². The van der Waals surface area contributed by atoms with E-state index < -0.39 is 10.0 Å². The first kappa shape index (κ1) is 24.6. The Morgan fingerprint density at radius 2 is 1.86 bits per heavy atom. The number of sulfonamides is 1. The number of anilines is 2. The number of morpholine rings is 1. The second-order valence-electron chi connectivity index (χ2n) is 8.70. The topological polar surface area (TPSA) is 146 Å². The number of rotatable bonds is 5. The second kappa shape index (κ2) is 9.73.